The minimum Gasteiger partial charge on any atom is -0.308 e. The molecule has 0 atom stereocenters. The molecule has 7 heteroatoms. The summed E-state index contributed by atoms with van der Waals surface area (Å²) in [7, 11) is 2.14. The summed E-state index contributed by atoms with van der Waals surface area (Å²) in [6.07, 6.45) is 4.65. The maximum Gasteiger partial charge on any atom is 0.0964 e. The van der Waals surface area contributed by atoms with E-state index in [0.29, 0.717) is 6.04 Å². The molecule has 0 spiro atoms. The van der Waals surface area contributed by atoms with Gasteiger partial charge in [-0.25, -0.2) is 0 Å². The average Bonchev–Trinajstić information content (AvgIpc) is 3.03. The summed E-state index contributed by atoms with van der Waals surface area (Å²) in [5, 5.41) is 14.0. The molecule has 2 aromatic heterocycles. The van der Waals surface area contributed by atoms with Crippen LogP contribution in [0.1, 0.15) is 24.1 Å². The van der Waals surface area contributed by atoms with Crippen molar-refractivity contribution < 1.29 is 0 Å². The molecule has 0 unspecified atom stereocenters. The summed E-state index contributed by atoms with van der Waals surface area (Å²) in [6, 6.07) is 2.89. The Hall–Kier alpha value is -0.760. The Morgan fingerprint density at radius 3 is 3.10 bits per heavy atom. The van der Waals surface area contributed by atoms with Crippen LogP contribution in [0.25, 0.3) is 0 Å². The molecule has 0 bridgehead atoms. The maximum atomic E-state index is 4.21. The molecule has 0 radical (unpaired) electrons. The Bertz CT molecular complexity index is 577. The van der Waals surface area contributed by atoms with Crippen LogP contribution in [0.4, 0.5) is 0 Å². The zero-order valence-corrected chi connectivity index (χ0v) is 14.5. The third-order valence-corrected chi connectivity index (χ3v) is 5.07. The van der Waals surface area contributed by atoms with Gasteiger partial charge in [-0.1, -0.05) is 5.21 Å². The lowest BCUT2D eigenvalue weighted by molar-refractivity contribution is 0.304. The van der Waals surface area contributed by atoms with Gasteiger partial charge >= 0.3 is 0 Å². The van der Waals surface area contributed by atoms with Gasteiger partial charge < -0.3 is 10.2 Å². The fourth-order valence-electron chi connectivity index (χ4n) is 2.16. The number of halogens is 1. The predicted molar refractivity (Wildman–Crippen MR) is 88.2 cm³/mol. The molecule has 1 N–H and O–H groups in total. The van der Waals surface area contributed by atoms with Crippen molar-refractivity contribution in [1.29, 1.82) is 0 Å². The number of hydrogen-bond donors (Lipinski definition) is 1. The van der Waals surface area contributed by atoms with Crippen molar-refractivity contribution in [3.8, 4) is 0 Å². The maximum absolute atomic E-state index is 4.21. The zero-order chi connectivity index (χ0) is 14.7. The van der Waals surface area contributed by atoms with Gasteiger partial charge in [0.05, 0.1) is 16.0 Å². The Kier molecular flexibility index (Phi) is 5.05. The van der Waals surface area contributed by atoms with Crippen LogP contribution in [0.5, 0.6) is 0 Å². The van der Waals surface area contributed by atoms with Crippen LogP contribution in [0.3, 0.4) is 0 Å². The predicted octanol–water partition coefficient (Wildman–Crippen LogP) is 2.49. The number of hydrogen-bond acceptors (Lipinski definition) is 5. The molecule has 1 aliphatic carbocycles. The second-order valence-electron chi connectivity index (χ2n) is 5.62. The molecule has 21 heavy (non-hydrogen) atoms. The Morgan fingerprint density at radius 2 is 2.38 bits per heavy atom. The fourth-order valence-corrected chi connectivity index (χ4v) is 3.36. The van der Waals surface area contributed by atoms with E-state index in [1.165, 1.54) is 22.2 Å². The lowest BCUT2D eigenvalue weighted by atomic mass is 10.3. The van der Waals surface area contributed by atoms with Gasteiger partial charge in [-0.05, 0) is 52.8 Å². The van der Waals surface area contributed by atoms with Crippen molar-refractivity contribution in [3.63, 3.8) is 0 Å². The van der Waals surface area contributed by atoms with Gasteiger partial charge in [0.25, 0.3) is 0 Å². The van der Waals surface area contributed by atoms with Gasteiger partial charge in [-0.3, -0.25) is 4.68 Å². The fraction of sp³-hybridized carbons (Fsp3) is 0.571. The molecular formula is C14H20BrN5S. The number of nitrogens with one attached hydrogen (secondary N) is 1. The van der Waals surface area contributed by atoms with Crippen LogP contribution in [0.2, 0.25) is 0 Å². The molecule has 2 aromatic rings. The molecule has 0 aromatic carbocycles. The van der Waals surface area contributed by atoms with Crippen molar-refractivity contribution in [2.75, 3.05) is 13.6 Å². The summed E-state index contributed by atoms with van der Waals surface area (Å²) in [5.74, 6) is 0. The minimum absolute atomic E-state index is 0.714. The second-order valence-corrected chi connectivity index (χ2v) is 7.92. The van der Waals surface area contributed by atoms with E-state index < -0.39 is 0 Å². The van der Waals surface area contributed by atoms with Crippen molar-refractivity contribution in [2.45, 2.75) is 38.5 Å². The highest BCUT2D eigenvalue weighted by Crippen LogP contribution is 2.21. The Labute approximate surface area is 137 Å². The topological polar surface area (TPSA) is 46.0 Å². The molecular weight excluding hydrogens is 350 g/mol. The molecule has 114 valence electrons. The number of rotatable bonds is 8. The SMILES string of the molecule is CN(CCn1cc(CNC2CC2)nn1)Cc1csc(Br)c1. The van der Waals surface area contributed by atoms with Crippen LogP contribution in [0, 0.1) is 0 Å². The number of likely N-dealkylation sites (N-methyl/N-ethyl adjacent to an activating group) is 1. The van der Waals surface area contributed by atoms with Crippen molar-refractivity contribution in [1.82, 2.24) is 25.2 Å². The summed E-state index contributed by atoms with van der Waals surface area (Å²) in [6.45, 7) is 3.64. The van der Waals surface area contributed by atoms with Gasteiger partial charge in [-0.2, -0.15) is 0 Å². The van der Waals surface area contributed by atoms with Crippen molar-refractivity contribution >= 4 is 27.3 Å². The molecule has 3 rings (SSSR count). The lowest BCUT2D eigenvalue weighted by Crippen LogP contribution is -2.22. The van der Waals surface area contributed by atoms with Gasteiger partial charge in [0.15, 0.2) is 0 Å². The normalized spacial score (nSPS) is 15.0. The molecule has 5 nitrogen and oxygen atoms in total. The molecule has 2 heterocycles. The van der Waals surface area contributed by atoms with E-state index in [9.17, 15) is 0 Å². The molecule has 0 aliphatic heterocycles. The lowest BCUT2D eigenvalue weighted by Gasteiger charge is -2.15. The summed E-state index contributed by atoms with van der Waals surface area (Å²) >= 11 is 5.23. The monoisotopic (exact) mass is 369 g/mol. The highest BCUT2D eigenvalue weighted by molar-refractivity contribution is 9.11. The van der Waals surface area contributed by atoms with Crippen LogP contribution in [-0.2, 0) is 19.6 Å². The van der Waals surface area contributed by atoms with E-state index in [2.05, 4.69) is 55.0 Å². The smallest absolute Gasteiger partial charge is 0.0964 e. The molecule has 1 fully saturated rings. The average molecular weight is 370 g/mol. The van der Waals surface area contributed by atoms with Crippen LogP contribution >= 0.6 is 27.3 Å². The van der Waals surface area contributed by atoms with E-state index in [0.717, 1.165) is 31.9 Å². The van der Waals surface area contributed by atoms with Crippen LogP contribution < -0.4 is 5.32 Å². The van der Waals surface area contributed by atoms with E-state index in [1.54, 1.807) is 11.3 Å². The largest absolute Gasteiger partial charge is 0.308 e. The molecule has 1 saturated carbocycles. The first kappa shape index (κ1) is 15.1. The number of thiophene rings is 1. The van der Waals surface area contributed by atoms with Gasteiger partial charge in [-0.15, -0.1) is 16.4 Å². The van der Waals surface area contributed by atoms with Gasteiger partial charge in [0.1, 0.15) is 0 Å². The first-order valence-corrected chi connectivity index (χ1v) is 8.90. The second kappa shape index (κ2) is 7.00. The van der Waals surface area contributed by atoms with Crippen molar-refractivity contribution in [3.05, 3.63) is 32.7 Å². The quantitative estimate of drug-likeness (QED) is 0.776. The van der Waals surface area contributed by atoms with E-state index in [4.69, 9.17) is 0 Å². The van der Waals surface area contributed by atoms with E-state index in [1.807, 2.05) is 10.9 Å². The van der Waals surface area contributed by atoms with E-state index >= 15 is 0 Å². The van der Waals surface area contributed by atoms with Gasteiger partial charge in [0.2, 0.25) is 0 Å². The number of nitrogens with zero attached hydrogens (tertiary/aromatic N) is 4. The van der Waals surface area contributed by atoms with Crippen LogP contribution in [0.15, 0.2) is 21.4 Å². The summed E-state index contributed by atoms with van der Waals surface area (Å²) in [4.78, 5) is 2.30. The third kappa shape index (κ3) is 4.88. The standard InChI is InChI=1S/C14H20BrN5S/c1-19(8-11-6-14(15)21-10-11)4-5-20-9-13(17-18-20)7-16-12-2-3-12/h6,9-10,12,16H,2-5,7-8H2,1H3. The molecule has 0 saturated heterocycles. The number of aromatic nitrogens is 3. The summed E-state index contributed by atoms with van der Waals surface area (Å²) in [5.41, 5.74) is 2.38. The van der Waals surface area contributed by atoms with Crippen molar-refractivity contribution in [2.24, 2.45) is 0 Å². The van der Waals surface area contributed by atoms with E-state index in [-0.39, 0.29) is 0 Å². The van der Waals surface area contributed by atoms with Crippen LogP contribution in [-0.4, -0.2) is 39.5 Å². The minimum atomic E-state index is 0.714. The Balaban J connectivity index is 1.41. The first-order valence-electron chi connectivity index (χ1n) is 7.23. The molecule has 1 aliphatic rings. The summed E-state index contributed by atoms with van der Waals surface area (Å²) < 4.78 is 3.12. The van der Waals surface area contributed by atoms with Gasteiger partial charge in [0, 0.05) is 31.9 Å². The molecule has 0 amide bonds. The highest BCUT2D eigenvalue weighted by atomic mass is 79.9. The first-order chi connectivity index (χ1) is 10.2. The third-order valence-electron chi connectivity index (χ3n) is 3.52. The zero-order valence-electron chi connectivity index (χ0n) is 12.1. The Morgan fingerprint density at radius 1 is 1.52 bits per heavy atom. The highest BCUT2D eigenvalue weighted by Gasteiger charge is 2.20.